The third-order valence-corrected chi connectivity index (χ3v) is 4.61. The number of rotatable bonds is 6. The number of nitrogens with one attached hydrogen (secondary N) is 1. The smallest absolute Gasteiger partial charge is 0.272 e. The molecule has 0 aliphatic rings. The lowest BCUT2D eigenvalue weighted by molar-refractivity contribution is 0.0955. The molecule has 2 aromatic carbocycles. The van der Waals surface area contributed by atoms with Gasteiger partial charge in [0.25, 0.3) is 5.91 Å². The van der Waals surface area contributed by atoms with Crippen LogP contribution in [0.2, 0.25) is 0 Å². The molecule has 6 heteroatoms. The molecule has 0 saturated heterocycles. The minimum atomic E-state index is -0.299. The van der Waals surface area contributed by atoms with Gasteiger partial charge in [-0.1, -0.05) is 28.1 Å². The average molecular weight is 438 g/mol. The Morgan fingerprint density at radius 3 is 2.54 bits per heavy atom. The number of carbonyl (C=O) groups is 1. The van der Waals surface area contributed by atoms with E-state index in [1.165, 1.54) is 6.20 Å². The van der Waals surface area contributed by atoms with E-state index in [0.29, 0.717) is 12.2 Å². The summed E-state index contributed by atoms with van der Waals surface area (Å²) in [7, 11) is 0. The van der Waals surface area contributed by atoms with E-state index in [1.54, 1.807) is 24.5 Å². The Balaban J connectivity index is 1.64. The number of carbonyl (C=O) groups excluding carboxylic acids is 1. The highest BCUT2D eigenvalue weighted by Crippen LogP contribution is 2.25. The van der Waals surface area contributed by atoms with Crippen LogP contribution in [0.25, 0.3) is 0 Å². The molecule has 142 valence electrons. The molecule has 0 saturated carbocycles. The molecule has 0 spiro atoms. The van der Waals surface area contributed by atoms with Crippen LogP contribution < -0.4 is 10.2 Å². The van der Waals surface area contributed by atoms with E-state index in [0.717, 1.165) is 32.5 Å². The molecule has 3 aromatic rings. The number of amides is 1. The Labute approximate surface area is 172 Å². The molecule has 0 bridgehead atoms. The molecule has 3 rings (SSSR count). The summed E-state index contributed by atoms with van der Waals surface area (Å²) in [6.07, 6.45) is 4.73. The van der Waals surface area contributed by atoms with E-state index in [-0.39, 0.29) is 5.91 Å². The zero-order valence-electron chi connectivity index (χ0n) is 15.6. The first-order chi connectivity index (χ1) is 13.5. The van der Waals surface area contributed by atoms with Gasteiger partial charge in [-0.15, -0.1) is 0 Å². The number of halogens is 1. The van der Waals surface area contributed by atoms with Crippen LogP contribution in [0.1, 0.15) is 32.6 Å². The number of benzene rings is 2. The maximum Gasteiger partial charge on any atom is 0.272 e. The van der Waals surface area contributed by atoms with E-state index in [2.05, 4.69) is 31.4 Å². The van der Waals surface area contributed by atoms with Crippen molar-refractivity contribution in [2.24, 2.45) is 5.10 Å². The molecule has 5 nitrogen and oxygen atoms in total. The van der Waals surface area contributed by atoms with Gasteiger partial charge in [0.15, 0.2) is 0 Å². The van der Waals surface area contributed by atoms with Gasteiger partial charge in [-0.05, 0) is 72.5 Å². The highest BCUT2D eigenvalue weighted by atomic mass is 79.9. The lowest BCUT2D eigenvalue weighted by Gasteiger charge is -2.13. The zero-order valence-corrected chi connectivity index (χ0v) is 17.2. The van der Waals surface area contributed by atoms with E-state index < -0.39 is 0 Å². The molecule has 28 heavy (non-hydrogen) atoms. The van der Waals surface area contributed by atoms with Gasteiger partial charge in [0, 0.05) is 16.9 Å². The number of aromatic nitrogens is 1. The molecular weight excluding hydrogens is 418 g/mol. The Kier molecular flexibility index (Phi) is 6.55. The lowest BCUT2D eigenvalue weighted by Crippen LogP contribution is -2.17. The summed E-state index contributed by atoms with van der Waals surface area (Å²) >= 11 is 3.43. The lowest BCUT2D eigenvalue weighted by atomic mass is 10.1. The second-order valence-corrected chi connectivity index (χ2v) is 7.26. The van der Waals surface area contributed by atoms with Crippen molar-refractivity contribution in [1.29, 1.82) is 0 Å². The molecule has 0 aliphatic carbocycles. The normalized spacial score (nSPS) is 10.8. The summed E-state index contributed by atoms with van der Waals surface area (Å²) in [5.41, 5.74) is 6.98. The molecule has 0 unspecified atom stereocenters. The standard InChI is InChI=1S/C22H20BrN3O2/c1-15-10-18(12-25-26-22(27)19-4-3-9-24-13-19)11-16(2)21(15)28-14-17-5-7-20(23)8-6-17/h3-13H,14H2,1-2H3,(H,26,27)/b25-12-. The predicted octanol–water partition coefficient (Wildman–Crippen LogP) is 4.80. The second-order valence-electron chi connectivity index (χ2n) is 6.34. The molecule has 0 radical (unpaired) electrons. The Morgan fingerprint density at radius 1 is 1.18 bits per heavy atom. The van der Waals surface area contributed by atoms with E-state index in [1.807, 2.05) is 50.2 Å². The van der Waals surface area contributed by atoms with E-state index >= 15 is 0 Å². The molecule has 1 amide bonds. The van der Waals surface area contributed by atoms with Crippen LogP contribution in [0.4, 0.5) is 0 Å². The number of aryl methyl sites for hydroxylation is 2. The molecule has 1 aromatic heterocycles. The Hall–Kier alpha value is -2.99. The zero-order chi connectivity index (χ0) is 19.9. The third kappa shape index (κ3) is 5.27. The maximum atomic E-state index is 12.0. The summed E-state index contributed by atoms with van der Waals surface area (Å²) in [6.45, 7) is 4.49. The van der Waals surface area contributed by atoms with Gasteiger partial charge < -0.3 is 4.74 Å². The van der Waals surface area contributed by atoms with Crippen molar-refractivity contribution < 1.29 is 9.53 Å². The number of nitrogens with zero attached hydrogens (tertiary/aromatic N) is 2. The van der Waals surface area contributed by atoms with Crippen molar-refractivity contribution in [3.8, 4) is 5.75 Å². The topological polar surface area (TPSA) is 63.6 Å². The van der Waals surface area contributed by atoms with Crippen LogP contribution in [0.15, 0.2) is 70.5 Å². The molecule has 1 N–H and O–H groups in total. The number of hydrogen-bond donors (Lipinski definition) is 1. The molecule has 1 heterocycles. The van der Waals surface area contributed by atoms with Crippen molar-refractivity contribution in [3.63, 3.8) is 0 Å². The second kappa shape index (κ2) is 9.28. The van der Waals surface area contributed by atoms with Crippen LogP contribution in [-0.2, 0) is 6.61 Å². The molecule has 0 fully saturated rings. The fraction of sp³-hybridized carbons (Fsp3) is 0.136. The summed E-state index contributed by atoms with van der Waals surface area (Å²) in [5, 5.41) is 4.03. The number of ether oxygens (including phenoxy) is 1. The summed E-state index contributed by atoms with van der Waals surface area (Å²) < 4.78 is 7.06. The molecular formula is C22H20BrN3O2. The molecule has 0 aliphatic heterocycles. The van der Waals surface area contributed by atoms with Gasteiger partial charge in [-0.2, -0.15) is 5.10 Å². The predicted molar refractivity (Wildman–Crippen MR) is 114 cm³/mol. The summed E-state index contributed by atoms with van der Waals surface area (Å²) in [5.74, 6) is 0.562. The SMILES string of the molecule is Cc1cc(/C=N\NC(=O)c2cccnc2)cc(C)c1OCc1ccc(Br)cc1. The van der Waals surface area contributed by atoms with Gasteiger partial charge in [0.1, 0.15) is 12.4 Å². The summed E-state index contributed by atoms with van der Waals surface area (Å²) in [6, 6.07) is 15.4. The Bertz CT molecular complexity index is 963. The van der Waals surface area contributed by atoms with Crippen LogP contribution in [-0.4, -0.2) is 17.1 Å². The maximum absolute atomic E-state index is 12.0. The highest BCUT2D eigenvalue weighted by molar-refractivity contribution is 9.10. The number of hydrazone groups is 1. The third-order valence-electron chi connectivity index (χ3n) is 4.08. The fourth-order valence-corrected chi connectivity index (χ4v) is 3.01. The van der Waals surface area contributed by atoms with E-state index in [9.17, 15) is 4.79 Å². The van der Waals surface area contributed by atoms with Crippen LogP contribution in [0.3, 0.4) is 0 Å². The van der Waals surface area contributed by atoms with Crippen molar-refractivity contribution in [3.05, 3.63) is 93.2 Å². The number of hydrogen-bond acceptors (Lipinski definition) is 4. The van der Waals surface area contributed by atoms with Crippen LogP contribution in [0, 0.1) is 13.8 Å². The monoisotopic (exact) mass is 437 g/mol. The minimum absolute atomic E-state index is 0.299. The fourth-order valence-electron chi connectivity index (χ4n) is 2.75. The van der Waals surface area contributed by atoms with Crippen LogP contribution in [0.5, 0.6) is 5.75 Å². The Morgan fingerprint density at radius 2 is 1.89 bits per heavy atom. The van der Waals surface area contributed by atoms with Gasteiger partial charge in [0.2, 0.25) is 0 Å². The van der Waals surface area contributed by atoms with Crippen molar-refractivity contribution in [2.45, 2.75) is 20.5 Å². The van der Waals surface area contributed by atoms with Crippen molar-refractivity contribution >= 4 is 28.1 Å². The summed E-state index contributed by atoms with van der Waals surface area (Å²) in [4.78, 5) is 15.9. The highest BCUT2D eigenvalue weighted by Gasteiger charge is 2.07. The first kappa shape index (κ1) is 19.8. The van der Waals surface area contributed by atoms with Gasteiger partial charge >= 0.3 is 0 Å². The van der Waals surface area contributed by atoms with Gasteiger partial charge in [-0.25, -0.2) is 5.43 Å². The van der Waals surface area contributed by atoms with Gasteiger partial charge in [0.05, 0.1) is 11.8 Å². The molecule has 0 atom stereocenters. The first-order valence-electron chi connectivity index (χ1n) is 8.75. The van der Waals surface area contributed by atoms with Crippen LogP contribution >= 0.6 is 15.9 Å². The van der Waals surface area contributed by atoms with Gasteiger partial charge in [-0.3, -0.25) is 9.78 Å². The van der Waals surface area contributed by atoms with Crippen molar-refractivity contribution in [1.82, 2.24) is 10.4 Å². The van der Waals surface area contributed by atoms with Crippen molar-refractivity contribution in [2.75, 3.05) is 0 Å². The first-order valence-corrected chi connectivity index (χ1v) is 9.54. The average Bonchev–Trinajstić information content (AvgIpc) is 2.69. The van der Waals surface area contributed by atoms with E-state index in [4.69, 9.17) is 4.74 Å². The minimum Gasteiger partial charge on any atom is -0.488 e. The number of pyridine rings is 1. The largest absolute Gasteiger partial charge is 0.488 e. The quantitative estimate of drug-likeness (QED) is 0.444.